The van der Waals surface area contributed by atoms with Crippen molar-refractivity contribution in [3.63, 3.8) is 0 Å². The minimum absolute atomic E-state index is 0.153. The SMILES string of the molecule is Cc1ncccc1CNC(=O)c1ccc(Nc2nc3c(N4CCC(O)(c5ccc(Cl)cc5)CC4)cccn3n2)cc1. The van der Waals surface area contributed by atoms with Crippen molar-refractivity contribution in [1.82, 2.24) is 24.9 Å². The van der Waals surface area contributed by atoms with Gasteiger partial charge in [0.25, 0.3) is 5.91 Å². The second kappa shape index (κ2) is 11.2. The van der Waals surface area contributed by atoms with Gasteiger partial charge in [-0.25, -0.2) is 4.52 Å². The quantitative estimate of drug-likeness (QED) is 0.247. The molecule has 2 aromatic carbocycles. The van der Waals surface area contributed by atoms with Crippen LogP contribution in [-0.4, -0.2) is 43.7 Å². The van der Waals surface area contributed by atoms with E-state index in [0.29, 0.717) is 49.0 Å². The Labute approximate surface area is 242 Å². The Morgan fingerprint density at radius 3 is 2.51 bits per heavy atom. The summed E-state index contributed by atoms with van der Waals surface area (Å²) in [5.74, 6) is 0.302. The lowest BCUT2D eigenvalue weighted by Gasteiger charge is -2.39. The minimum Gasteiger partial charge on any atom is -0.385 e. The maximum absolute atomic E-state index is 12.6. The maximum Gasteiger partial charge on any atom is 0.251 e. The van der Waals surface area contributed by atoms with Crippen LogP contribution in [0.15, 0.2) is 85.2 Å². The molecule has 1 fully saturated rings. The Kier molecular flexibility index (Phi) is 7.30. The highest BCUT2D eigenvalue weighted by atomic mass is 35.5. The molecule has 0 bridgehead atoms. The summed E-state index contributed by atoms with van der Waals surface area (Å²) in [6.45, 7) is 3.70. The smallest absolute Gasteiger partial charge is 0.251 e. The third kappa shape index (κ3) is 5.73. The fraction of sp³-hybridized carbons (Fsp3) is 0.226. The van der Waals surface area contributed by atoms with Gasteiger partial charge in [0.05, 0.1) is 11.3 Å². The molecule has 4 heterocycles. The van der Waals surface area contributed by atoms with Crippen LogP contribution in [0.3, 0.4) is 0 Å². The summed E-state index contributed by atoms with van der Waals surface area (Å²) in [5, 5.41) is 22.7. The molecule has 0 spiro atoms. The summed E-state index contributed by atoms with van der Waals surface area (Å²) >= 11 is 6.03. The number of rotatable bonds is 7. The molecule has 208 valence electrons. The van der Waals surface area contributed by atoms with Crippen molar-refractivity contribution in [2.45, 2.75) is 31.9 Å². The predicted molar refractivity (Wildman–Crippen MR) is 160 cm³/mol. The number of nitrogens with one attached hydrogen (secondary N) is 2. The molecule has 0 saturated carbocycles. The first kappa shape index (κ1) is 26.7. The fourth-order valence-electron chi connectivity index (χ4n) is 5.17. The van der Waals surface area contributed by atoms with E-state index in [-0.39, 0.29) is 5.91 Å². The fourth-order valence-corrected chi connectivity index (χ4v) is 5.30. The highest BCUT2D eigenvalue weighted by molar-refractivity contribution is 6.30. The van der Waals surface area contributed by atoms with Crippen LogP contribution in [0.25, 0.3) is 5.65 Å². The second-order valence-corrected chi connectivity index (χ2v) is 10.7. The molecule has 3 aromatic heterocycles. The molecule has 0 atom stereocenters. The van der Waals surface area contributed by atoms with Crippen molar-refractivity contribution in [2.75, 3.05) is 23.3 Å². The molecule has 3 N–H and O–H groups in total. The molecule has 1 amide bonds. The number of aliphatic hydroxyl groups is 1. The average molecular weight is 568 g/mol. The van der Waals surface area contributed by atoms with Gasteiger partial charge in [-0.3, -0.25) is 9.78 Å². The number of amides is 1. The molecule has 0 aliphatic carbocycles. The molecule has 5 aromatic rings. The molecule has 0 unspecified atom stereocenters. The number of hydrogen-bond acceptors (Lipinski definition) is 7. The number of piperidine rings is 1. The van der Waals surface area contributed by atoms with E-state index >= 15 is 0 Å². The van der Waals surface area contributed by atoms with E-state index in [1.807, 2.05) is 73.8 Å². The van der Waals surface area contributed by atoms with Gasteiger partial charge in [0.1, 0.15) is 0 Å². The van der Waals surface area contributed by atoms with Crippen LogP contribution in [0.2, 0.25) is 5.02 Å². The molecular formula is C31H30ClN7O2. The lowest BCUT2D eigenvalue weighted by molar-refractivity contribution is 0.0118. The van der Waals surface area contributed by atoms with Crippen LogP contribution >= 0.6 is 11.6 Å². The largest absolute Gasteiger partial charge is 0.385 e. The number of hydrogen-bond donors (Lipinski definition) is 3. The van der Waals surface area contributed by atoms with Crippen LogP contribution in [0.1, 0.15) is 40.0 Å². The molecule has 0 radical (unpaired) electrons. The van der Waals surface area contributed by atoms with Crippen molar-refractivity contribution < 1.29 is 9.90 Å². The third-order valence-electron chi connectivity index (χ3n) is 7.61. The Bertz CT molecular complexity index is 1680. The minimum atomic E-state index is -0.882. The molecule has 41 heavy (non-hydrogen) atoms. The van der Waals surface area contributed by atoms with Gasteiger partial charge >= 0.3 is 0 Å². The zero-order chi connectivity index (χ0) is 28.4. The number of aromatic nitrogens is 4. The second-order valence-electron chi connectivity index (χ2n) is 10.3. The van der Waals surface area contributed by atoms with E-state index in [1.165, 1.54) is 0 Å². The summed E-state index contributed by atoms with van der Waals surface area (Å²) in [6, 6.07) is 22.4. The number of aryl methyl sites for hydroxylation is 1. The molecule has 1 aliphatic rings. The van der Waals surface area contributed by atoms with Gasteiger partial charge in [-0.15, -0.1) is 5.10 Å². The van der Waals surface area contributed by atoms with Gasteiger partial charge in [-0.2, -0.15) is 4.98 Å². The molecular weight excluding hydrogens is 538 g/mol. The zero-order valence-electron chi connectivity index (χ0n) is 22.6. The van der Waals surface area contributed by atoms with Crippen molar-refractivity contribution in [2.24, 2.45) is 0 Å². The van der Waals surface area contributed by atoms with E-state index in [1.54, 1.807) is 22.8 Å². The maximum atomic E-state index is 12.6. The average Bonchev–Trinajstić information content (AvgIpc) is 3.40. The number of fused-ring (bicyclic) bond motifs is 1. The van der Waals surface area contributed by atoms with Crippen molar-refractivity contribution in [1.29, 1.82) is 0 Å². The van der Waals surface area contributed by atoms with Crippen LogP contribution in [0, 0.1) is 6.92 Å². The lowest BCUT2D eigenvalue weighted by atomic mass is 9.84. The van der Waals surface area contributed by atoms with Crippen LogP contribution in [0.5, 0.6) is 0 Å². The van der Waals surface area contributed by atoms with E-state index < -0.39 is 5.60 Å². The van der Waals surface area contributed by atoms with Gasteiger partial charge in [-0.05, 0) is 85.5 Å². The summed E-state index contributed by atoms with van der Waals surface area (Å²) in [7, 11) is 0. The number of nitrogens with zero attached hydrogens (tertiary/aromatic N) is 5. The third-order valence-corrected chi connectivity index (χ3v) is 7.87. The Morgan fingerprint density at radius 2 is 1.78 bits per heavy atom. The van der Waals surface area contributed by atoms with Crippen LogP contribution < -0.4 is 15.5 Å². The zero-order valence-corrected chi connectivity index (χ0v) is 23.3. The molecule has 9 nitrogen and oxygen atoms in total. The van der Waals surface area contributed by atoms with E-state index in [2.05, 4.69) is 25.6 Å². The first-order valence-electron chi connectivity index (χ1n) is 13.5. The highest BCUT2D eigenvalue weighted by Gasteiger charge is 2.34. The molecule has 6 rings (SSSR count). The van der Waals surface area contributed by atoms with Crippen molar-refractivity contribution in [3.8, 4) is 0 Å². The van der Waals surface area contributed by atoms with E-state index in [4.69, 9.17) is 16.6 Å². The summed E-state index contributed by atoms with van der Waals surface area (Å²) < 4.78 is 1.75. The molecule has 10 heteroatoms. The van der Waals surface area contributed by atoms with Crippen molar-refractivity contribution in [3.05, 3.63) is 113 Å². The summed E-state index contributed by atoms with van der Waals surface area (Å²) in [5.41, 5.74) is 4.91. The van der Waals surface area contributed by atoms with E-state index in [9.17, 15) is 9.90 Å². The number of carbonyl (C=O) groups excluding carboxylic acids is 1. The monoisotopic (exact) mass is 567 g/mol. The highest BCUT2D eigenvalue weighted by Crippen LogP contribution is 2.36. The Morgan fingerprint density at radius 1 is 1.02 bits per heavy atom. The number of halogens is 1. The lowest BCUT2D eigenvalue weighted by Crippen LogP contribution is -2.42. The Hall–Kier alpha value is -4.47. The molecule has 1 saturated heterocycles. The number of carbonyl (C=O) groups is 1. The standard InChI is InChI=1S/C31H30ClN7O2/c1-21-23(4-2-16-33-21)20-34-29(40)22-6-12-26(13-7-22)35-30-36-28-27(5-3-17-39(28)37-30)38-18-14-31(41,15-19-38)24-8-10-25(32)11-9-24/h2-13,16-17,41H,14-15,18-20H2,1H3,(H,34,40)(H,35,37). The van der Waals surface area contributed by atoms with Crippen molar-refractivity contribution >= 4 is 40.5 Å². The van der Waals surface area contributed by atoms with Gasteiger partial charge in [-0.1, -0.05) is 29.8 Å². The van der Waals surface area contributed by atoms with Crippen LogP contribution in [-0.2, 0) is 12.1 Å². The van der Waals surface area contributed by atoms with E-state index in [0.717, 1.165) is 33.8 Å². The first-order valence-corrected chi connectivity index (χ1v) is 13.9. The van der Waals surface area contributed by atoms with Gasteiger partial charge in [0.2, 0.25) is 5.95 Å². The number of anilines is 3. The summed E-state index contributed by atoms with van der Waals surface area (Å²) in [6.07, 6.45) is 4.79. The Balaban J connectivity index is 1.11. The molecule has 1 aliphatic heterocycles. The summed E-state index contributed by atoms with van der Waals surface area (Å²) in [4.78, 5) is 23.9. The first-order chi connectivity index (χ1) is 19.9. The van der Waals surface area contributed by atoms with Gasteiger partial charge in [0, 0.05) is 54.0 Å². The van der Waals surface area contributed by atoms with Gasteiger partial charge < -0.3 is 20.6 Å². The number of pyridine rings is 2. The normalized spacial score (nSPS) is 14.7. The number of benzene rings is 2. The van der Waals surface area contributed by atoms with Crippen LogP contribution in [0.4, 0.5) is 17.3 Å². The van der Waals surface area contributed by atoms with Gasteiger partial charge in [0.15, 0.2) is 5.65 Å². The predicted octanol–water partition coefficient (Wildman–Crippen LogP) is 5.25. The topological polar surface area (TPSA) is 108 Å².